The van der Waals surface area contributed by atoms with Crippen LogP contribution in [0.4, 0.5) is 0 Å². The van der Waals surface area contributed by atoms with Gasteiger partial charge in [-0.15, -0.1) is 0 Å². The molecule has 2 N–H and O–H groups in total. The third-order valence-electron chi connectivity index (χ3n) is 5.53. The van der Waals surface area contributed by atoms with Crippen LogP contribution in [0, 0.1) is 18.3 Å². The van der Waals surface area contributed by atoms with E-state index in [2.05, 4.69) is 26.5 Å². The molecule has 35 heavy (non-hydrogen) atoms. The number of hydrogen-bond donors (Lipinski definition) is 2. The first-order valence-electron chi connectivity index (χ1n) is 11.0. The van der Waals surface area contributed by atoms with Gasteiger partial charge in [0.25, 0.3) is 0 Å². The van der Waals surface area contributed by atoms with Crippen molar-refractivity contribution < 1.29 is 14.4 Å². The van der Waals surface area contributed by atoms with Gasteiger partial charge in [-0.2, -0.15) is 5.26 Å². The molecule has 0 aliphatic heterocycles. The summed E-state index contributed by atoms with van der Waals surface area (Å²) >= 11 is 0. The molecular weight excluding hydrogens is 444 g/mol. The lowest BCUT2D eigenvalue weighted by molar-refractivity contribution is -0.136. The molecule has 1 aromatic carbocycles. The van der Waals surface area contributed by atoms with Crippen LogP contribution < -0.4 is 5.32 Å². The molecular formula is C26H24N6O3. The monoisotopic (exact) mass is 468 g/mol. The van der Waals surface area contributed by atoms with Crippen LogP contribution in [0.15, 0.2) is 59.4 Å². The molecule has 9 heteroatoms. The fraction of sp³-hybridized carbons (Fsp3) is 0.231. The highest BCUT2D eigenvalue weighted by atomic mass is 16.5. The molecule has 4 aromatic rings. The molecule has 0 fully saturated rings. The van der Waals surface area contributed by atoms with Gasteiger partial charge in [0.1, 0.15) is 11.4 Å². The third-order valence-corrected chi connectivity index (χ3v) is 5.53. The van der Waals surface area contributed by atoms with Crippen molar-refractivity contribution in [1.29, 1.82) is 5.26 Å². The molecule has 0 bridgehead atoms. The second-order valence-electron chi connectivity index (χ2n) is 8.63. The minimum atomic E-state index is -0.894. The number of aliphatic carboxylic acids is 1. The van der Waals surface area contributed by atoms with Crippen LogP contribution in [0.2, 0.25) is 0 Å². The second-order valence-corrected chi connectivity index (χ2v) is 8.63. The summed E-state index contributed by atoms with van der Waals surface area (Å²) in [5.74, 6) is -0.403. The lowest BCUT2D eigenvalue weighted by Gasteiger charge is -2.15. The fourth-order valence-electron chi connectivity index (χ4n) is 3.44. The summed E-state index contributed by atoms with van der Waals surface area (Å²) in [5, 5.41) is 25.2. The normalized spacial score (nSPS) is 11.3. The Kier molecular flexibility index (Phi) is 6.66. The van der Waals surface area contributed by atoms with Crippen molar-refractivity contribution in [2.75, 3.05) is 6.54 Å². The van der Waals surface area contributed by atoms with Crippen LogP contribution in [-0.4, -0.2) is 37.7 Å². The van der Waals surface area contributed by atoms with Crippen LogP contribution in [0.5, 0.6) is 0 Å². The van der Waals surface area contributed by atoms with Gasteiger partial charge < -0.3 is 14.9 Å². The molecule has 9 nitrogen and oxygen atoms in total. The van der Waals surface area contributed by atoms with Crippen LogP contribution in [-0.2, 0) is 16.8 Å². The zero-order chi connectivity index (χ0) is 25.0. The highest BCUT2D eigenvalue weighted by molar-refractivity contribution is 5.69. The molecule has 4 rings (SSSR count). The first kappa shape index (κ1) is 23.7. The minimum absolute atomic E-state index is 0.0925. The number of hydrogen-bond acceptors (Lipinski definition) is 8. The average Bonchev–Trinajstić information content (AvgIpc) is 3.35. The van der Waals surface area contributed by atoms with Gasteiger partial charge in [-0.1, -0.05) is 29.4 Å². The minimum Gasteiger partial charge on any atom is -0.480 e. The van der Waals surface area contributed by atoms with E-state index in [0.29, 0.717) is 40.8 Å². The van der Waals surface area contributed by atoms with Crippen molar-refractivity contribution in [2.45, 2.75) is 32.7 Å². The molecule has 0 atom stereocenters. The van der Waals surface area contributed by atoms with Crippen LogP contribution in [0.3, 0.4) is 0 Å². The Balaban J connectivity index is 1.58. The van der Waals surface area contributed by atoms with E-state index in [1.165, 1.54) is 0 Å². The highest BCUT2D eigenvalue weighted by Crippen LogP contribution is 2.29. The van der Waals surface area contributed by atoms with Gasteiger partial charge >= 0.3 is 5.97 Å². The van der Waals surface area contributed by atoms with Crippen molar-refractivity contribution in [3.05, 3.63) is 71.8 Å². The smallest absolute Gasteiger partial charge is 0.317 e. The Labute approximate surface area is 202 Å². The Morgan fingerprint density at radius 3 is 2.60 bits per heavy atom. The zero-order valence-electron chi connectivity index (χ0n) is 19.6. The summed E-state index contributed by atoms with van der Waals surface area (Å²) < 4.78 is 5.61. The van der Waals surface area contributed by atoms with Crippen LogP contribution >= 0.6 is 0 Å². The number of aromatic nitrogens is 4. The lowest BCUT2D eigenvalue weighted by Crippen LogP contribution is -2.21. The second kappa shape index (κ2) is 9.83. The number of aryl methyl sites for hydroxylation is 1. The Hall–Kier alpha value is -4.42. The Morgan fingerprint density at radius 1 is 1.11 bits per heavy atom. The molecule has 0 aliphatic rings. The van der Waals surface area contributed by atoms with Crippen molar-refractivity contribution in [1.82, 2.24) is 25.4 Å². The van der Waals surface area contributed by atoms with Crippen molar-refractivity contribution in [3.8, 4) is 40.0 Å². The number of nitrogens with one attached hydrogen (secondary N) is 1. The van der Waals surface area contributed by atoms with Crippen molar-refractivity contribution in [2.24, 2.45) is 0 Å². The maximum Gasteiger partial charge on any atom is 0.317 e. The number of benzene rings is 1. The molecule has 0 radical (unpaired) electrons. The number of carboxylic acid groups (broad SMARTS) is 1. The van der Waals surface area contributed by atoms with E-state index in [1.807, 2.05) is 63.2 Å². The number of nitrogens with zero attached hydrogens (tertiary/aromatic N) is 5. The summed E-state index contributed by atoms with van der Waals surface area (Å²) in [4.78, 5) is 24.2. The molecule has 3 heterocycles. The SMILES string of the molecule is Cc1ncc(-c2ccnc(C(C)(C)C#N)c2)nc1-c1cc(-c2ccc(CNCC(=O)O)cc2)no1. The van der Waals surface area contributed by atoms with E-state index >= 15 is 0 Å². The average molecular weight is 469 g/mol. The fourth-order valence-corrected chi connectivity index (χ4v) is 3.44. The van der Waals surface area contributed by atoms with E-state index in [0.717, 1.165) is 16.7 Å². The Morgan fingerprint density at radius 2 is 1.89 bits per heavy atom. The van der Waals surface area contributed by atoms with Gasteiger partial charge in [0.2, 0.25) is 0 Å². The third kappa shape index (κ3) is 5.39. The number of carboxylic acids is 1. The summed E-state index contributed by atoms with van der Waals surface area (Å²) in [5.41, 5.74) is 5.13. The maximum atomic E-state index is 10.6. The van der Waals surface area contributed by atoms with E-state index in [-0.39, 0.29) is 6.54 Å². The van der Waals surface area contributed by atoms with Gasteiger partial charge in [-0.3, -0.25) is 14.8 Å². The number of nitriles is 1. The van der Waals surface area contributed by atoms with Crippen molar-refractivity contribution in [3.63, 3.8) is 0 Å². The van der Waals surface area contributed by atoms with E-state index in [4.69, 9.17) is 14.6 Å². The van der Waals surface area contributed by atoms with E-state index in [9.17, 15) is 10.1 Å². The zero-order valence-corrected chi connectivity index (χ0v) is 19.6. The Bertz CT molecular complexity index is 1400. The summed E-state index contributed by atoms with van der Waals surface area (Å²) in [7, 11) is 0. The first-order valence-corrected chi connectivity index (χ1v) is 11.0. The van der Waals surface area contributed by atoms with Gasteiger partial charge in [-0.25, -0.2) is 4.98 Å². The standard InChI is InChI=1S/C26H24N6O3/c1-16-25(31-21(13-30-16)19-8-9-29-23(10-19)26(2,3)15-27)22-11-20(32-35-22)18-6-4-17(5-7-18)12-28-14-24(33)34/h4-11,13,28H,12,14H2,1-3H3,(H,33,34). The van der Waals surface area contributed by atoms with E-state index in [1.54, 1.807) is 12.4 Å². The number of pyridine rings is 1. The summed E-state index contributed by atoms with van der Waals surface area (Å²) in [6, 6.07) is 15.4. The molecule has 0 aliphatic carbocycles. The molecule has 3 aromatic heterocycles. The molecule has 0 saturated heterocycles. The molecule has 0 saturated carbocycles. The van der Waals surface area contributed by atoms with Crippen LogP contribution in [0.25, 0.3) is 34.0 Å². The predicted octanol–water partition coefficient (Wildman–Crippen LogP) is 4.14. The molecule has 0 amide bonds. The predicted molar refractivity (Wildman–Crippen MR) is 129 cm³/mol. The number of carbonyl (C=O) groups is 1. The summed E-state index contributed by atoms with van der Waals surface area (Å²) in [6.45, 7) is 5.86. The van der Waals surface area contributed by atoms with E-state index < -0.39 is 11.4 Å². The van der Waals surface area contributed by atoms with Gasteiger partial charge in [-0.05, 0) is 38.5 Å². The number of rotatable bonds is 8. The van der Waals surface area contributed by atoms with Crippen molar-refractivity contribution >= 4 is 5.97 Å². The first-order chi connectivity index (χ1) is 16.8. The maximum absolute atomic E-state index is 10.6. The molecule has 176 valence electrons. The molecule has 0 unspecified atom stereocenters. The largest absolute Gasteiger partial charge is 0.480 e. The topological polar surface area (TPSA) is 138 Å². The molecule has 0 spiro atoms. The van der Waals surface area contributed by atoms with Gasteiger partial charge in [0.05, 0.1) is 41.3 Å². The van der Waals surface area contributed by atoms with Crippen LogP contribution in [0.1, 0.15) is 30.8 Å². The highest BCUT2D eigenvalue weighted by Gasteiger charge is 2.22. The van der Waals surface area contributed by atoms with Gasteiger partial charge in [0.15, 0.2) is 5.76 Å². The summed E-state index contributed by atoms with van der Waals surface area (Å²) in [6.07, 6.45) is 3.35. The quantitative estimate of drug-likeness (QED) is 0.390. The lowest BCUT2D eigenvalue weighted by atomic mass is 9.90. The van der Waals surface area contributed by atoms with Gasteiger partial charge in [0, 0.05) is 29.9 Å².